The number of hydrogen-bond donors (Lipinski definition) is 0. The van der Waals surface area contributed by atoms with Crippen LogP contribution in [0.4, 0.5) is 5.69 Å². The highest BCUT2D eigenvalue weighted by atomic mass is 16.5. The highest BCUT2D eigenvalue weighted by Crippen LogP contribution is 2.41. The second kappa shape index (κ2) is 8.07. The molecule has 1 aliphatic heterocycles. The molecule has 140 valence electrons. The topological polar surface area (TPSA) is 46.6 Å². The number of allylic oxidation sites excluding steroid dienone is 1. The Kier molecular flexibility index (Phi) is 5.80. The van der Waals surface area contributed by atoms with Gasteiger partial charge in [0.05, 0.1) is 7.11 Å². The third-order valence-corrected chi connectivity index (χ3v) is 5.76. The molecule has 0 spiro atoms. The fourth-order valence-corrected chi connectivity index (χ4v) is 4.21. The van der Waals surface area contributed by atoms with Crippen molar-refractivity contribution in [2.24, 2.45) is 11.8 Å². The lowest BCUT2D eigenvalue weighted by Crippen LogP contribution is -2.29. The van der Waals surface area contributed by atoms with E-state index in [1.54, 1.807) is 7.11 Å². The molecule has 1 aliphatic carbocycles. The lowest BCUT2D eigenvalue weighted by Gasteiger charge is -2.29. The Morgan fingerprint density at radius 1 is 1.35 bits per heavy atom. The number of carbonyl (C=O) groups excluding carboxylic acids is 2. The maximum absolute atomic E-state index is 13.1. The van der Waals surface area contributed by atoms with Crippen molar-refractivity contribution in [2.75, 3.05) is 25.1 Å². The normalized spacial score (nSPS) is 20.6. The van der Waals surface area contributed by atoms with Gasteiger partial charge in [-0.05, 0) is 51.5 Å². The molecule has 4 heteroatoms. The maximum Gasteiger partial charge on any atom is 0.167 e. The molecule has 0 radical (unpaired) electrons. The van der Waals surface area contributed by atoms with E-state index in [1.807, 2.05) is 13.0 Å². The summed E-state index contributed by atoms with van der Waals surface area (Å²) >= 11 is 0. The van der Waals surface area contributed by atoms with E-state index >= 15 is 0 Å². The standard InChI is InChI=1S/C22H29NO3/c1-15(2)7-8-16(14-24)18-13-19-20(22(18)25)11-17(12-21(19)26-3)23-9-5-4-6-10-23/h11-12,14,16,18H,1,4-10,13H2,2-3H3. The molecule has 2 aliphatic rings. The SMILES string of the molecule is C=C(C)CCC(C=O)C1Cc2c(OC)cc(N3CCCCC3)cc2C1=O. The number of benzene rings is 1. The molecule has 1 saturated heterocycles. The van der Waals surface area contributed by atoms with Gasteiger partial charge in [-0.15, -0.1) is 6.58 Å². The van der Waals surface area contributed by atoms with Crippen molar-refractivity contribution in [2.45, 2.75) is 45.4 Å². The van der Waals surface area contributed by atoms with Crippen molar-refractivity contribution >= 4 is 17.8 Å². The van der Waals surface area contributed by atoms with Gasteiger partial charge in [0.15, 0.2) is 5.78 Å². The second-order valence-corrected chi connectivity index (χ2v) is 7.69. The van der Waals surface area contributed by atoms with Gasteiger partial charge in [0.2, 0.25) is 0 Å². The number of piperidine rings is 1. The number of carbonyl (C=O) groups is 2. The van der Waals surface area contributed by atoms with E-state index < -0.39 is 0 Å². The van der Waals surface area contributed by atoms with Crippen LogP contribution in [0.15, 0.2) is 24.3 Å². The first-order chi connectivity index (χ1) is 12.5. The summed E-state index contributed by atoms with van der Waals surface area (Å²) in [6.07, 6.45) is 6.65. The fourth-order valence-electron chi connectivity index (χ4n) is 4.21. The first kappa shape index (κ1) is 18.7. The largest absolute Gasteiger partial charge is 0.496 e. The van der Waals surface area contributed by atoms with Crippen LogP contribution in [0.2, 0.25) is 0 Å². The highest BCUT2D eigenvalue weighted by Gasteiger charge is 2.38. The van der Waals surface area contributed by atoms with Crippen molar-refractivity contribution < 1.29 is 14.3 Å². The first-order valence-corrected chi connectivity index (χ1v) is 9.65. The number of fused-ring (bicyclic) bond motifs is 1. The molecule has 0 aromatic heterocycles. The van der Waals surface area contributed by atoms with Gasteiger partial charge in [-0.1, -0.05) is 5.57 Å². The number of rotatable bonds is 7. The summed E-state index contributed by atoms with van der Waals surface area (Å²) in [6, 6.07) is 4.08. The van der Waals surface area contributed by atoms with Gasteiger partial charge >= 0.3 is 0 Å². The van der Waals surface area contributed by atoms with Crippen molar-refractivity contribution in [3.05, 3.63) is 35.4 Å². The summed E-state index contributed by atoms with van der Waals surface area (Å²) in [7, 11) is 1.66. The Labute approximate surface area is 156 Å². The average Bonchev–Trinajstić information content (AvgIpc) is 2.99. The van der Waals surface area contributed by atoms with Crippen molar-refractivity contribution in [1.29, 1.82) is 0 Å². The number of ketones is 1. The third-order valence-electron chi connectivity index (χ3n) is 5.76. The number of Topliss-reactive ketones (excluding diaryl/α,β-unsaturated/α-hetero) is 1. The summed E-state index contributed by atoms with van der Waals surface area (Å²) < 4.78 is 5.62. The zero-order valence-electron chi connectivity index (χ0n) is 15.9. The first-order valence-electron chi connectivity index (χ1n) is 9.65. The molecule has 0 saturated carbocycles. The fraction of sp³-hybridized carbons (Fsp3) is 0.545. The number of nitrogens with zero attached hydrogens (tertiary/aromatic N) is 1. The summed E-state index contributed by atoms with van der Waals surface area (Å²) in [5, 5.41) is 0. The lowest BCUT2D eigenvalue weighted by atomic mass is 9.86. The molecule has 0 amide bonds. The summed E-state index contributed by atoms with van der Waals surface area (Å²) in [5.74, 6) is 0.349. The van der Waals surface area contributed by atoms with E-state index in [2.05, 4.69) is 17.5 Å². The molecule has 0 bridgehead atoms. The predicted molar refractivity (Wildman–Crippen MR) is 104 cm³/mol. The number of aldehydes is 1. The van der Waals surface area contributed by atoms with E-state index in [4.69, 9.17) is 4.74 Å². The van der Waals surface area contributed by atoms with Crippen LogP contribution in [0.25, 0.3) is 0 Å². The van der Waals surface area contributed by atoms with E-state index in [0.29, 0.717) is 12.8 Å². The van der Waals surface area contributed by atoms with Crippen LogP contribution >= 0.6 is 0 Å². The zero-order chi connectivity index (χ0) is 18.7. The maximum atomic E-state index is 13.1. The quantitative estimate of drug-likeness (QED) is 0.543. The summed E-state index contributed by atoms with van der Waals surface area (Å²) in [4.78, 5) is 27.1. The molecule has 3 rings (SSSR count). The third kappa shape index (κ3) is 3.69. The van der Waals surface area contributed by atoms with E-state index in [0.717, 1.165) is 53.9 Å². The van der Waals surface area contributed by atoms with Crippen molar-refractivity contribution in [1.82, 2.24) is 0 Å². The number of anilines is 1. The van der Waals surface area contributed by atoms with Crippen LogP contribution < -0.4 is 9.64 Å². The van der Waals surface area contributed by atoms with Gasteiger partial charge in [0, 0.05) is 47.8 Å². The van der Waals surface area contributed by atoms with Gasteiger partial charge in [0.1, 0.15) is 12.0 Å². The highest BCUT2D eigenvalue weighted by molar-refractivity contribution is 6.05. The summed E-state index contributed by atoms with van der Waals surface area (Å²) in [5.41, 5.74) is 3.83. The second-order valence-electron chi connectivity index (χ2n) is 7.69. The van der Waals surface area contributed by atoms with Gasteiger partial charge < -0.3 is 14.4 Å². The Morgan fingerprint density at radius 2 is 2.08 bits per heavy atom. The Morgan fingerprint density at radius 3 is 2.69 bits per heavy atom. The molecule has 1 aromatic carbocycles. The van der Waals surface area contributed by atoms with Crippen LogP contribution in [0.3, 0.4) is 0 Å². The smallest absolute Gasteiger partial charge is 0.167 e. The van der Waals surface area contributed by atoms with Crippen LogP contribution in [-0.2, 0) is 11.2 Å². The molecule has 2 atom stereocenters. The monoisotopic (exact) mass is 355 g/mol. The average molecular weight is 355 g/mol. The van der Waals surface area contributed by atoms with E-state index in [1.165, 1.54) is 19.3 Å². The van der Waals surface area contributed by atoms with Crippen LogP contribution in [-0.4, -0.2) is 32.3 Å². The molecule has 0 N–H and O–H groups in total. The Bertz CT molecular complexity index is 704. The molecule has 26 heavy (non-hydrogen) atoms. The Balaban J connectivity index is 1.88. The van der Waals surface area contributed by atoms with E-state index in [-0.39, 0.29) is 17.6 Å². The number of ether oxygens (including phenoxy) is 1. The van der Waals surface area contributed by atoms with Crippen molar-refractivity contribution in [3.63, 3.8) is 0 Å². The number of methoxy groups -OCH3 is 1. The molecule has 1 fully saturated rings. The molecular weight excluding hydrogens is 326 g/mol. The van der Waals surface area contributed by atoms with Crippen LogP contribution in [0, 0.1) is 11.8 Å². The Hall–Kier alpha value is -2.10. The van der Waals surface area contributed by atoms with Gasteiger partial charge in [-0.25, -0.2) is 0 Å². The molecule has 4 nitrogen and oxygen atoms in total. The van der Waals surface area contributed by atoms with Gasteiger partial charge in [-0.2, -0.15) is 0 Å². The van der Waals surface area contributed by atoms with Gasteiger partial charge in [0.25, 0.3) is 0 Å². The number of hydrogen-bond acceptors (Lipinski definition) is 4. The predicted octanol–water partition coefficient (Wildman–Crippen LogP) is 4.21. The lowest BCUT2D eigenvalue weighted by molar-refractivity contribution is -0.112. The molecule has 1 aromatic rings. The molecule has 1 heterocycles. The van der Waals surface area contributed by atoms with Gasteiger partial charge in [-0.3, -0.25) is 4.79 Å². The zero-order valence-corrected chi connectivity index (χ0v) is 15.9. The van der Waals surface area contributed by atoms with Crippen LogP contribution in [0.5, 0.6) is 5.75 Å². The minimum Gasteiger partial charge on any atom is -0.496 e. The molecule has 2 unspecified atom stereocenters. The van der Waals surface area contributed by atoms with Crippen LogP contribution in [0.1, 0.15) is 54.9 Å². The van der Waals surface area contributed by atoms with Crippen molar-refractivity contribution in [3.8, 4) is 5.75 Å². The minimum absolute atomic E-state index is 0.0935. The van der Waals surface area contributed by atoms with E-state index in [9.17, 15) is 9.59 Å². The summed E-state index contributed by atoms with van der Waals surface area (Å²) in [6.45, 7) is 7.92. The molecular formula is C22H29NO3. The minimum atomic E-state index is -0.271.